The van der Waals surface area contributed by atoms with Crippen LogP contribution >= 0.6 is 11.8 Å². The monoisotopic (exact) mass is 432 g/mol. The Morgan fingerprint density at radius 2 is 2.07 bits per heavy atom. The molecule has 8 nitrogen and oxygen atoms in total. The Hall–Kier alpha value is -1.87. The third-order valence-electron chi connectivity index (χ3n) is 5.80. The largest absolute Gasteiger partial charge is 0.378 e. The maximum absolute atomic E-state index is 12.2. The zero-order valence-electron chi connectivity index (χ0n) is 17.8. The molecule has 1 aliphatic heterocycles. The van der Waals surface area contributed by atoms with E-state index in [1.165, 1.54) is 25.7 Å². The summed E-state index contributed by atoms with van der Waals surface area (Å²) in [5, 5.41) is 9.39. The summed E-state index contributed by atoms with van der Waals surface area (Å²) in [5.74, 6) is 2.65. The van der Waals surface area contributed by atoms with Crippen LogP contribution in [0.15, 0.2) is 11.4 Å². The highest BCUT2D eigenvalue weighted by molar-refractivity contribution is 7.99. The van der Waals surface area contributed by atoms with Gasteiger partial charge in [0.25, 0.3) is 0 Å². The molecule has 0 unspecified atom stereocenters. The molecule has 1 aliphatic carbocycles. The molecule has 0 radical (unpaired) electrons. The summed E-state index contributed by atoms with van der Waals surface area (Å²) in [5.41, 5.74) is 0.843. The zero-order valence-corrected chi connectivity index (χ0v) is 18.6. The highest BCUT2D eigenvalue weighted by Gasteiger charge is 2.21. The molecule has 0 atom stereocenters. The van der Waals surface area contributed by atoms with Crippen LogP contribution < -0.4 is 10.2 Å². The molecular formula is C21H32N6O2S. The lowest BCUT2D eigenvalue weighted by Crippen LogP contribution is -2.37. The second-order valence-corrected chi connectivity index (χ2v) is 9.15. The molecule has 2 aliphatic rings. The van der Waals surface area contributed by atoms with Crippen molar-refractivity contribution in [3.8, 4) is 0 Å². The summed E-state index contributed by atoms with van der Waals surface area (Å²) < 4.78 is 7.40. The van der Waals surface area contributed by atoms with Gasteiger partial charge >= 0.3 is 0 Å². The molecule has 1 N–H and O–H groups in total. The number of hydrogen-bond acceptors (Lipinski definition) is 7. The average molecular weight is 433 g/mol. The first-order chi connectivity index (χ1) is 14.7. The minimum absolute atomic E-state index is 0.154. The van der Waals surface area contributed by atoms with E-state index in [4.69, 9.17) is 14.7 Å². The maximum atomic E-state index is 12.2. The Bertz CT molecular complexity index is 845. The third kappa shape index (κ3) is 5.24. The van der Waals surface area contributed by atoms with Crippen molar-refractivity contribution < 1.29 is 9.53 Å². The molecule has 0 aromatic carbocycles. The number of ether oxygens (including phenoxy) is 1. The topological polar surface area (TPSA) is 85.2 Å². The van der Waals surface area contributed by atoms with Crippen molar-refractivity contribution in [3.05, 3.63) is 6.20 Å². The molecule has 1 saturated carbocycles. The summed E-state index contributed by atoms with van der Waals surface area (Å²) in [7, 11) is 0. The van der Waals surface area contributed by atoms with Crippen LogP contribution in [0.1, 0.15) is 45.4 Å². The van der Waals surface area contributed by atoms with Crippen molar-refractivity contribution in [2.45, 2.75) is 57.1 Å². The summed E-state index contributed by atoms with van der Waals surface area (Å²) >= 11 is 1.68. The van der Waals surface area contributed by atoms with Crippen LogP contribution in [0.25, 0.3) is 11.0 Å². The van der Waals surface area contributed by atoms with Gasteiger partial charge in [-0.05, 0) is 25.2 Å². The SMILES string of the molecule is CCCSc1nc(N2CCOCC2)c2cnn(CCNC(=O)CC3CCCC3)c2n1. The van der Waals surface area contributed by atoms with Crippen LogP contribution in [0, 0.1) is 5.92 Å². The standard InChI is InChI=1S/C21H32N6O2S/c1-2-13-30-21-24-19(26-9-11-29-12-10-26)17-15-23-27(20(17)25-21)8-7-22-18(28)14-16-5-3-4-6-16/h15-16H,2-14H2,1H3,(H,22,28). The van der Waals surface area contributed by atoms with E-state index in [-0.39, 0.29) is 5.91 Å². The zero-order chi connectivity index (χ0) is 20.8. The Balaban J connectivity index is 1.46. The van der Waals surface area contributed by atoms with E-state index in [0.29, 0.717) is 38.6 Å². The molecule has 2 aromatic rings. The summed E-state index contributed by atoms with van der Waals surface area (Å²) in [6, 6.07) is 0. The van der Waals surface area contributed by atoms with Gasteiger partial charge in [-0.15, -0.1) is 0 Å². The first-order valence-corrected chi connectivity index (χ1v) is 12.2. The summed E-state index contributed by atoms with van der Waals surface area (Å²) in [4.78, 5) is 24.1. The van der Waals surface area contributed by atoms with Crippen molar-refractivity contribution in [1.82, 2.24) is 25.1 Å². The number of nitrogens with zero attached hydrogens (tertiary/aromatic N) is 5. The lowest BCUT2D eigenvalue weighted by Gasteiger charge is -2.28. The van der Waals surface area contributed by atoms with E-state index in [1.807, 2.05) is 10.9 Å². The second kappa shape index (κ2) is 10.4. The normalized spacial score (nSPS) is 17.7. The number of amides is 1. The summed E-state index contributed by atoms with van der Waals surface area (Å²) in [6.45, 7) is 6.41. The molecule has 0 spiro atoms. The van der Waals surface area contributed by atoms with Gasteiger partial charge in [-0.1, -0.05) is 31.5 Å². The number of aromatic nitrogens is 4. The summed E-state index contributed by atoms with van der Waals surface area (Å²) in [6.07, 6.45) is 8.50. The number of thioether (sulfide) groups is 1. The smallest absolute Gasteiger partial charge is 0.220 e. The molecule has 2 aromatic heterocycles. The first-order valence-electron chi connectivity index (χ1n) is 11.2. The number of rotatable bonds is 9. The fourth-order valence-corrected chi connectivity index (χ4v) is 4.90. The molecule has 4 rings (SSSR count). The van der Waals surface area contributed by atoms with Crippen molar-refractivity contribution in [2.75, 3.05) is 43.5 Å². The Labute approximate surface area is 182 Å². The number of nitrogens with one attached hydrogen (secondary N) is 1. The van der Waals surface area contributed by atoms with Crippen LogP contribution in [-0.4, -0.2) is 64.3 Å². The Morgan fingerprint density at radius 1 is 1.27 bits per heavy atom. The molecular weight excluding hydrogens is 400 g/mol. The van der Waals surface area contributed by atoms with E-state index < -0.39 is 0 Å². The van der Waals surface area contributed by atoms with E-state index >= 15 is 0 Å². The third-order valence-corrected chi connectivity index (χ3v) is 6.85. The molecule has 164 valence electrons. The van der Waals surface area contributed by atoms with Crippen LogP contribution in [-0.2, 0) is 16.1 Å². The molecule has 2 fully saturated rings. The highest BCUT2D eigenvalue weighted by Crippen LogP contribution is 2.28. The lowest BCUT2D eigenvalue weighted by atomic mass is 10.0. The predicted octanol–water partition coefficient (Wildman–Crippen LogP) is 2.86. The van der Waals surface area contributed by atoms with Crippen LogP contribution in [0.3, 0.4) is 0 Å². The van der Waals surface area contributed by atoms with Gasteiger partial charge < -0.3 is 15.0 Å². The van der Waals surface area contributed by atoms with Crippen LogP contribution in [0.2, 0.25) is 0 Å². The minimum atomic E-state index is 0.154. The van der Waals surface area contributed by atoms with Crippen molar-refractivity contribution in [2.24, 2.45) is 5.92 Å². The van der Waals surface area contributed by atoms with Crippen molar-refractivity contribution in [1.29, 1.82) is 0 Å². The Morgan fingerprint density at radius 3 is 2.83 bits per heavy atom. The van der Waals surface area contributed by atoms with Crippen LogP contribution in [0.4, 0.5) is 5.82 Å². The van der Waals surface area contributed by atoms with Gasteiger partial charge in [0.05, 0.1) is 31.3 Å². The minimum Gasteiger partial charge on any atom is -0.378 e. The van der Waals surface area contributed by atoms with Gasteiger partial charge in [0.2, 0.25) is 5.91 Å². The van der Waals surface area contributed by atoms with Gasteiger partial charge in [0.15, 0.2) is 10.8 Å². The molecule has 1 amide bonds. The van der Waals surface area contributed by atoms with Crippen molar-refractivity contribution in [3.63, 3.8) is 0 Å². The van der Waals surface area contributed by atoms with E-state index in [1.54, 1.807) is 11.8 Å². The maximum Gasteiger partial charge on any atom is 0.220 e. The molecule has 1 saturated heterocycles. The van der Waals surface area contributed by atoms with E-state index in [9.17, 15) is 4.79 Å². The van der Waals surface area contributed by atoms with Gasteiger partial charge in [-0.25, -0.2) is 14.6 Å². The number of fused-ring (bicyclic) bond motifs is 1. The van der Waals surface area contributed by atoms with Gasteiger partial charge in [0, 0.05) is 31.8 Å². The number of carbonyl (C=O) groups excluding carboxylic acids is 1. The Kier molecular flexibility index (Phi) is 7.43. The van der Waals surface area contributed by atoms with Crippen LogP contribution in [0.5, 0.6) is 0 Å². The van der Waals surface area contributed by atoms with Gasteiger partial charge in [0.1, 0.15) is 5.82 Å². The predicted molar refractivity (Wildman–Crippen MR) is 119 cm³/mol. The number of hydrogen-bond donors (Lipinski definition) is 1. The number of anilines is 1. The molecule has 3 heterocycles. The number of carbonyl (C=O) groups is 1. The first kappa shape index (κ1) is 21.4. The molecule has 0 bridgehead atoms. The highest BCUT2D eigenvalue weighted by atomic mass is 32.2. The average Bonchev–Trinajstić information content (AvgIpc) is 3.42. The van der Waals surface area contributed by atoms with E-state index in [0.717, 1.165) is 47.3 Å². The van der Waals surface area contributed by atoms with E-state index in [2.05, 4.69) is 22.2 Å². The van der Waals surface area contributed by atoms with Gasteiger partial charge in [-0.3, -0.25) is 4.79 Å². The fourth-order valence-electron chi connectivity index (χ4n) is 4.21. The van der Waals surface area contributed by atoms with Gasteiger partial charge in [-0.2, -0.15) is 5.10 Å². The molecule has 30 heavy (non-hydrogen) atoms. The fraction of sp³-hybridized carbons (Fsp3) is 0.714. The lowest BCUT2D eigenvalue weighted by molar-refractivity contribution is -0.122. The quantitative estimate of drug-likeness (QED) is 0.482. The second-order valence-electron chi connectivity index (χ2n) is 8.09. The molecule has 9 heteroatoms. The number of morpholine rings is 1. The van der Waals surface area contributed by atoms with Crippen molar-refractivity contribution >= 4 is 34.5 Å².